The molecule has 0 radical (unpaired) electrons. The van der Waals surface area contributed by atoms with Crippen molar-refractivity contribution in [3.8, 4) is 0 Å². The highest BCUT2D eigenvalue weighted by Crippen LogP contribution is 2.31. The number of fused-ring (bicyclic) bond motifs is 2. The third-order valence-corrected chi connectivity index (χ3v) is 4.27. The van der Waals surface area contributed by atoms with Crippen molar-refractivity contribution < 1.29 is 14.7 Å². The average Bonchev–Trinajstić information content (AvgIpc) is 3.16. The number of carbonyl (C=O) groups excluding carboxylic acids is 1. The summed E-state index contributed by atoms with van der Waals surface area (Å²) in [6.45, 7) is 0.411. The van der Waals surface area contributed by atoms with Crippen LogP contribution in [0.25, 0.3) is 11.0 Å². The Morgan fingerprint density at radius 3 is 2.72 bits per heavy atom. The molecule has 0 unspecified atom stereocenters. The highest BCUT2D eigenvalue weighted by molar-refractivity contribution is 6.05. The molecule has 2 heterocycles. The molecule has 3 aromatic rings. The Morgan fingerprint density at radius 1 is 1.12 bits per heavy atom. The molecule has 126 valence electrons. The summed E-state index contributed by atoms with van der Waals surface area (Å²) in [6.07, 6.45) is 0.495. The zero-order chi connectivity index (χ0) is 17.6. The monoisotopic (exact) mass is 338 g/mol. The molecular formula is C17H14N4O4. The molecule has 1 aromatic heterocycles. The number of nitrogens with one attached hydrogen (secondary N) is 3. The molecule has 0 spiro atoms. The van der Waals surface area contributed by atoms with Gasteiger partial charge < -0.3 is 20.4 Å². The van der Waals surface area contributed by atoms with Gasteiger partial charge in [-0.3, -0.25) is 4.90 Å². The number of H-pyrrole nitrogens is 2. The largest absolute Gasteiger partial charge is 0.478 e. The van der Waals surface area contributed by atoms with E-state index in [9.17, 15) is 19.5 Å². The molecule has 0 saturated carbocycles. The van der Waals surface area contributed by atoms with Gasteiger partial charge in [0.2, 0.25) is 0 Å². The van der Waals surface area contributed by atoms with Gasteiger partial charge in [0.15, 0.2) is 0 Å². The molecule has 8 nitrogen and oxygen atoms in total. The molecule has 2 aromatic carbocycles. The van der Waals surface area contributed by atoms with Crippen molar-refractivity contribution in [2.24, 2.45) is 0 Å². The number of carbonyl (C=O) groups is 2. The lowest BCUT2D eigenvalue weighted by Gasteiger charge is -2.18. The Hall–Kier alpha value is -3.55. The van der Waals surface area contributed by atoms with Crippen LogP contribution in [-0.2, 0) is 6.42 Å². The van der Waals surface area contributed by atoms with Crippen LogP contribution in [0.5, 0.6) is 0 Å². The second kappa shape index (κ2) is 5.52. The normalized spacial score (nSPS) is 13.0. The van der Waals surface area contributed by atoms with Crippen molar-refractivity contribution in [2.45, 2.75) is 6.42 Å². The van der Waals surface area contributed by atoms with E-state index in [2.05, 4.69) is 15.3 Å². The maximum absolute atomic E-state index is 12.6. The Morgan fingerprint density at radius 2 is 1.92 bits per heavy atom. The van der Waals surface area contributed by atoms with Crippen molar-refractivity contribution in [3.05, 3.63) is 58.0 Å². The van der Waals surface area contributed by atoms with Crippen molar-refractivity contribution in [3.63, 3.8) is 0 Å². The van der Waals surface area contributed by atoms with Crippen LogP contribution in [0.1, 0.15) is 15.9 Å². The molecule has 4 rings (SSSR count). The highest BCUT2D eigenvalue weighted by Gasteiger charge is 2.28. The van der Waals surface area contributed by atoms with Crippen molar-refractivity contribution in [2.75, 3.05) is 16.8 Å². The maximum Gasteiger partial charge on any atom is 0.336 e. The maximum atomic E-state index is 12.6. The van der Waals surface area contributed by atoms with Crippen LogP contribution < -0.4 is 15.9 Å². The van der Waals surface area contributed by atoms with Crippen LogP contribution in [0.3, 0.4) is 0 Å². The van der Waals surface area contributed by atoms with Crippen LogP contribution >= 0.6 is 0 Å². The van der Waals surface area contributed by atoms with Gasteiger partial charge in [0.1, 0.15) is 0 Å². The fourth-order valence-electron chi connectivity index (χ4n) is 3.15. The van der Waals surface area contributed by atoms with E-state index in [1.807, 2.05) is 0 Å². The first-order valence-electron chi connectivity index (χ1n) is 7.69. The summed E-state index contributed by atoms with van der Waals surface area (Å²) in [6, 6.07) is 9.61. The minimum absolute atomic E-state index is 0.221. The summed E-state index contributed by atoms with van der Waals surface area (Å²) >= 11 is 0. The summed E-state index contributed by atoms with van der Waals surface area (Å²) in [4.78, 5) is 42.0. The van der Waals surface area contributed by atoms with Gasteiger partial charge in [-0.2, -0.15) is 0 Å². The van der Waals surface area contributed by atoms with Crippen molar-refractivity contribution >= 4 is 34.4 Å². The summed E-state index contributed by atoms with van der Waals surface area (Å²) in [5, 5.41) is 12.0. The number of aromatic carboxylic acids is 1. The predicted octanol–water partition coefficient (Wildman–Crippen LogP) is 2.15. The number of nitrogens with zero attached hydrogens (tertiary/aromatic N) is 1. The second-order valence-corrected chi connectivity index (χ2v) is 5.78. The number of benzene rings is 2. The summed E-state index contributed by atoms with van der Waals surface area (Å²) < 4.78 is 0. The van der Waals surface area contributed by atoms with E-state index in [-0.39, 0.29) is 17.3 Å². The van der Waals surface area contributed by atoms with Gasteiger partial charge >= 0.3 is 17.7 Å². The lowest BCUT2D eigenvalue weighted by atomic mass is 10.1. The first-order valence-corrected chi connectivity index (χ1v) is 7.69. The summed E-state index contributed by atoms with van der Waals surface area (Å²) in [5.74, 6) is -0.999. The predicted molar refractivity (Wildman–Crippen MR) is 92.4 cm³/mol. The number of imidazole rings is 1. The minimum atomic E-state index is -0.999. The van der Waals surface area contributed by atoms with Gasteiger partial charge in [-0.1, -0.05) is 6.07 Å². The van der Waals surface area contributed by atoms with E-state index in [1.165, 1.54) is 4.90 Å². The number of urea groups is 1. The number of anilines is 2. The highest BCUT2D eigenvalue weighted by atomic mass is 16.4. The van der Waals surface area contributed by atoms with E-state index in [1.54, 1.807) is 36.4 Å². The average molecular weight is 338 g/mol. The Kier molecular flexibility index (Phi) is 3.31. The van der Waals surface area contributed by atoms with Crippen molar-refractivity contribution in [1.29, 1.82) is 0 Å². The second-order valence-electron chi connectivity index (χ2n) is 5.78. The summed E-state index contributed by atoms with van der Waals surface area (Å²) in [5.41, 5.74) is 2.96. The number of rotatable bonds is 2. The molecule has 8 heteroatoms. The molecule has 1 aliphatic heterocycles. The van der Waals surface area contributed by atoms with E-state index in [0.29, 0.717) is 40.9 Å². The van der Waals surface area contributed by atoms with Gasteiger partial charge in [-0.25, -0.2) is 14.4 Å². The molecule has 0 atom stereocenters. The zero-order valence-corrected chi connectivity index (χ0v) is 13.0. The van der Waals surface area contributed by atoms with Gasteiger partial charge in [-0.05, 0) is 42.3 Å². The molecule has 1 aliphatic rings. The Bertz CT molecular complexity index is 1070. The number of amides is 2. The Balaban J connectivity index is 1.61. The molecule has 0 fully saturated rings. The lowest BCUT2D eigenvalue weighted by molar-refractivity contribution is 0.0696. The van der Waals surface area contributed by atoms with E-state index >= 15 is 0 Å². The lowest BCUT2D eigenvalue weighted by Crippen LogP contribution is -2.33. The first kappa shape index (κ1) is 15.0. The van der Waals surface area contributed by atoms with E-state index < -0.39 is 5.97 Å². The van der Waals surface area contributed by atoms with E-state index in [0.717, 1.165) is 0 Å². The first-order chi connectivity index (χ1) is 12.0. The smallest absolute Gasteiger partial charge is 0.336 e. The Labute approximate surface area is 141 Å². The molecule has 0 aliphatic carbocycles. The van der Waals surface area contributed by atoms with Gasteiger partial charge in [0.25, 0.3) is 0 Å². The molecule has 25 heavy (non-hydrogen) atoms. The van der Waals surface area contributed by atoms with Gasteiger partial charge in [0.05, 0.1) is 16.6 Å². The topological polar surface area (TPSA) is 118 Å². The van der Waals surface area contributed by atoms with Crippen LogP contribution in [0.4, 0.5) is 16.2 Å². The van der Waals surface area contributed by atoms with Crippen LogP contribution in [0, 0.1) is 0 Å². The SMILES string of the molecule is O=C(O)c1cccc2c1CCN2C(=O)Nc1ccc2[nH]c(=O)[nH]c2c1. The number of hydrogen-bond donors (Lipinski definition) is 4. The molecule has 0 saturated heterocycles. The van der Waals surface area contributed by atoms with Crippen LogP contribution in [0.2, 0.25) is 0 Å². The third kappa shape index (κ3) is 2.53. The number of carboxylic acid groups (broad SMARTS) is 1. The molecule has 0 bridgehead atoms. The number of hydrogen-bond acceptors (Lipinski definition) is 3. The number of aromatic amines is 2. The quantitative estimate of drug-likeness (QED) is 0.572. The van der Waals surface area contributed by atoms with E-state index in [4.69, 9.17) is 0 Å². The third-order valence-electron chi connectivity index (χ3n) is 4.27. The standard InChI is InChI=1S/C17H14N4O4/c22-15(23)11-2-1-3-14-10(11)6-7-21(14)17(25)18-9-4-5-12-13(8-9)20-16(24)19-12/h1-5,8H,6-7H2,(H,18,25)(H,22,23)(H2,19,20,24). The van der Waals surface area contributed by atoms with Crippen molar-refractivity contribution in [1.82, 2.24) is 9.97 Å². The number of aromatic nitrogens is 2. The molecule has 4 N–H and O–H groups in total. The van der Waals surface area contributed by atoms with Gasteiger partial charge in [0, 0.05) is 17.9 Å². The van der Waals surface area contributed by atoms with Crippen LogP contribution in [-0.4, -0.2) is 33.6 Å². The molecule has 2 amide bonds. The fourth-order valence-corrected chi connectivity index (χ4v) is 3.15. The van der Waals surface area contributed by atoms with Crippen LogP contribution in [0.15, 0.2) is 41.2 Å². The molecular weight excluding hydrogens is 324 g/mol. The number of carboxylic acids is 1. The fraction of sp³-hybridized carbons (Fsp3) is 0.118. The van der Waals surface area contributed by atoms with Gasteiger partial charge in [-0.15, -0.1) is 0 Å². The zero-order valence-electron chi connectivity index (χ0n) is 13.0. The minimum Gasteiger partial charge on any atom is -0.478 e. The summed E-state index contributed by atoms with van der Waals surface area (Å²) in [7, 11) is 0.